The summed E-state index contributed by atoms with van der Waals surface area (Å²) < 4.78 is 39.1. The van der Waals surface area contributed by atoms with Gasteiger partial charge in [-0.25, -0.2) is 9.97 Å². The van der Waals surface area contributed by atoms with Gasteiger partial charge in [0.05, 0.1) is 0 Å². The molecule has 7 nitrogen and oxygen atoms in total. The number of hydrogen-bond acceptors (Lipinski definition) is 6. The van der Waals surface area contributed by atoms with Gasteiger partial charge in [-0.05, 0) is 28.3 Å². The molecule has 0 unspecified atom stereocenters. The van der Waals surface area contributed by atoms with Crippen molar-refractivity contribution in [3.63, 3.8) is 0 Å². The molecule has 0 amide bonds. The number of H-pyrrole nitrogens is 1. The van der Waals surface area contributed by atoms with Crippen molar-refractivity contribution in [3.8, 4) is 22.5 Å². The fraction of sp³-hybridized carbons (Fsp3) is 0.190. The van der Waals surface area contributed by atoms with E-state index >= 15 is 0 Å². The number of nitrogens with one attached hydrogen (secondary N) is 2. The molecule has 0 fully saturated rings. The second-order valence-corrected chi connectivity index (χ2v) is 6.75. The van der Waals surface area contributed by atoms with E-state index in [-0.39, 0.29) is 35.4 Å². The average Bonchev–Trinajstić information content (AvgIpc) is 3.32. The van der Waals surface area contributed by atoms with E-state index < -0.39 is 12.0 Å². The van der Waals surface area contributed by atoms with E-state index in [0.29, 0.717) is 24.5 Å². The van der Waals surface area contributed by atoms with Crippen molar-refractivity contribution in [3.05, 3.63) is 71.7 Å². The fourth-order valence-electron chi connectivity index (χ4n) is 3.10. The van der Waals surface area contributed by atoms with Gasteiger partial charge in [-0.3, -0.25) is 0 Å². The third kappa shape index (κ3) is 5.50. The maximum Gasteiger partial charge on any atom is 0.451 e. The van der Waals surface area contributed by atoms with Crippen molar-refractivity contribution in [1.82, 2.24) is 30.6 Å². The van der Waals surface area contributed by atoms with Gasteiger partial charge in [-0.1, -0.05) is 55.5 Å². The number of rotatable bonds is 6. The van der Waals surface area contributed by atoms with Crippen LogP contribution in [0.5, 0.6) is 0 Å². The Kier molecular flexibility index (Phi) is 7.60. The van der Waals surface area contributed by atoms with Crippen LogP contribution in [0.1, 0.15) is 24.0 Å². The standard InChI is InChI=1S/C21H18F3N7.Na/c1-2-15-11-18(27-20(26-15)21(22,23)24)25-12-13-7-9-14(10-8-13)16-5-3-4-6-17(16)19-28-30-31-29-19;/h3-11H,2,12H2,1H3,(H,25,26,27)(H,28,29,30,31);. The number of anilines is 1. The summed E-state index contributed by atoms with van der Waals surface area (Å²) in [5, 5.41) is 17.1. The van der Waals surface area contributed by atoms with E-state index in [0.717, 1.165) is 22.3 Å². The number of aryl methyl sites for hydroxylation is 1. The molecule has 0 aliphatic rings. The Hall–Kier alpha value is -2.82. The third-order valence-electron chi connectivity index (χ3n) is 4.65. The number of hydrogen-bond donors (Lipinski definition) is 2. The van der Waals surface area contributed by atoms with E-state index in [2.05, 4.69) is 35.9 Å². The minimum Gasteiger partial charge on any atom is -0.366 e. The minimum absolute atomic E-state index is 0. The molecule has 2 aromatic carbocycles. The first-order valence-corrected chi connectivity index (χ1v) is 9.55. The molecule has 159 valence electrons. The van der Waals surface area contributed by atoms with Gasteiger partial charge >= 0.3 is 6.18 Å². The number of alkyl halides is 3. The quantitative estimate of drug-likeness (QED) is 0.431. The minimum atomic E-state index is -4.59. The molecule has 1 radical (unpaired) electrons. The zero-order valence-corrected chi connectivity index (χ0v) is 19.5. The SMILES string of the molecule is CCc1cc(NCc2ccc(-c3ccccc3-c3nn[nH]n3)cc2)nc(C(F)(F)F)n1.[Na]. The zero-order chi connectivity index (χ0) is 21.8. The number of halogens is 3. The van der Waals surface area contributed by atoms with Crippen molar-refractivity contribution < 1.29 is 13.2 Å². The van der Waals surface area contributed by atoms with E-state index in [9.17, 15) is 13.2 Å². The van der Waals surface area contributed by atoms with E-state index in [1.165, 1.54) is 6.07 Å². The maximum atomic E-state index is 13.0. The summed E-state index contributed by atoms with van der Waals surface area (Å²) in [6.07, 6.45) is -4.20. The molecular formula is C21H18F3N7Na. The van der Waals surface area contributed by atoms with E-state index in [4.69, 9.17) is 0 Å². The number of nitrogens with zero attached hydrogens (tertiary/aromatic N) is 5. The van der Waals surface area contributed by atoms with Gasteiger partial charge in [0.1, 0.15) is 5.82 Å². The molecule has 0 aliphatic heterocycles. The maximum absolute atomic E-state index is 13.0. The molecule has 4 aromatic rings. The Morgan fingerprint density at radius 1 is 0.969 bits per heavy atom. The van der Waals surface area contributed by atoms with Crippen molar-refractivity contribution >= 4 is 35.4 Å². The van der Waals surface area contributed by atoms with Gasteiger partial charge in [-0.15, -0.1) is 10.2 Å². The van der Waals surface area contributed by atoms with Crippen molar-refractivity contribution in [2.75, 3.05) is 5.32 Å². The first-order chi connectivity index (χ1) is 14.9. The average molecular weight is 448 g/mol. The predicted octanol–water partition coefficient (Wildman–Crippen LogP) is 4.14. The van der Waals surface area contributed by atoms with Crippen LogP contribution >= 0.6 is 0 Å². The van der Waals surface area contributed by atoms with Gasteiger partial charge in [0, 0.05) is 53.4 Å². The van der Waals surface area contributed by atoms with Crippen LogP contribution in [0.3, 0.4) is 0 Å². The molecule has 32 heavy (non-hydrogen) atoms. The third-order valence-corrected chi connectivity index (χ3v) is 4.65. The zero-order valence-electron chi connectivity index (χ0n) is 17.5. The summed E-state index contributed by atoms with van der Waals surface area (Å²) in [7, 11) is 0. The number of aromatic nitrogens is 6. The predicted molar refractivity (Wildman–Crippen MR) is 115 cm³/mol. The first kappa shape index (κ1) is 23.8. The van der Waals surface area contributed by atoms with Gasteiger partial charge in [-0.2, -0.15) is 18.4 Å². The summed E-state index contributed by atoms with van der Waals surface area (Å²) in [6.45, 7) is 2.07. The summed E-state index contributed by atoms with van der Waals surface area (Å²) in [4.78, 5) is 7.16. The van der Waals surface area contributed by atoms with E-state index in [1.54, 1.807) is 6.92 Å². The molecule has 2 aromatic heterocycles. The van der Waals surface area contributed by atoms with Crippen LogP contribution in [0.25, 0.3) is 22.5 Å². The Balaban J connectivity index is 0.00000289. The number of aromatic amines is 1. The van der Waals surface area contributed by atoms with Crippen LogP contribution in [0.15, 0.2) is 54.6 Å². The smallest absolute Gasteiger partial charge is 0.366 e. The molecular weight excluding hydrogens is 430 g/mol. The normalized spacial score (nSPS) is 11.1. The summed E-state index contributed by atoms with van der Waals surface area (Å²) >= 11 is 0. The number of benzene rings is 2. The molecule has 2 N–H and O–H groups in total. The molecule has 0 saturated carbocycles. The van der Waals surface area contributed by atoms with Crippen molar-refractivity contribution in [2.24, 2.45) is 0 Å². The van der Waals surface area contributed by atoms with Gasteiger partial charge in [0.2, 0.25) is 11.6 Å². The topological polar surface area (TPSA) is 92.3 Å². The van der Waals surface area contributed by atoms with Crippen LogP contribution in [0, 0.1) is 0 Å². The van der Waals surface area contributed by atoms with Gasteiger partial charge in [0.15, 0.2) is 0 Å². The molecule has 0 spiro atoms. The summed E-state index contributed by atoms with van der Waals surface area (Å²) in [6, 6.07) is 16.9. The van der Waals surface area contributed by atoms with Gasteiger partial charge < -0.3 is 5.32 Å². The molecule has 0 atom stereocenters. The van der Waals surface area contributed by atoms with E-state index in [1.807, 2.05) is 48.5 Å². The Bertz CT molecular complexity index is 1160. The molecule has 0 aliphatic carbocycles. The Labute approximate surface area is 204 Å². The molecule has 0 bridgehead atoms. The molecule has 2 heterocycles. The monoisotopic (exact) mass is 448 g/mol. The second-order valence-electron chi connectivity index (χ2n) is 6.75. The van der Waals surface area contributed by atoms with Crippen LogP contribution in [-0.4, -0.2) is 60.1 Å². The van der Waals surface area contributed by atoms with Crippen LogP contribution in [0.2, 0.25) is 0 Å². The summed E-state index contributed by atoms with van der Waals surface area (Å²) in [5.41, 5.74) is 3.97. The largest absolute Gasteiger partial charge is 0.451 e. The number of tetrazole rings is 1. The van der Waals surface area contributed by atoms with Crippen LogP contribution < -0.4 is 5.32 Å². The second kappa shape index (κ2) is 10.2. The van der Waals surface area contributed by atoms with Crippen molar-refractivity contribution in [2.45, 2.75) is 26.1 Å². The first-order valence-electron chi connectivity index (χ1n) is 9.55. The molecule has 4 rings (SSSR count). The van der Waals surface area contributed by atoms with Crippen LogP contribution in [-0.2, 0) is 19.1 Å². The van der Waals surface area contributed by atoms with Crippen molar-refractivity contribution in [1.29, 1.82) is 0 Å². The van der Waals surface area contributed by atoms with Crippen LogP contribution in [0.4, 0.5) is 19.0 Å². The van der Waals surface area contributed by atoms with Gasteiger partial charge in [0.25, 0.3) is 0 Å². The Morgan fingerprint density at radius 2 is 1.69 bits per heavy atom. The molecule has 11 heteroatoms. The molecule has 0 saturated heterocycles. The Morgan fingerprint density at radius 3 is 2.31 bits per heavy atom. The fourth-order valence-corrected chi connectivity index (χ4v) is 3.10. The summed E-state index contributed by atoms with van der Waals surface area (Å²) in [5.74, 6) is -0.495.